The van der Waals surface area contributed by atoms with Gasteiger partial charge in [-0.2, -0.15) is 4.31 Å². The molecule has 0 atom stereocenters. The van der Waals surface area contributed by atoms with Gasteiger partial charge in [0, 0.05) is 37.3 Å². The molecule has 0 bridgehead atoms. The molecule has 1 amide bonds. The van der Waals surface area contributed by atoms with E-state index < -0.39 is 10.0 Å². The summed E-state index contributed by atoms with van der Waals surface area (Å²) in [6.07, 6.45) is 0. The van der Waals surface area contributed by atoms with Crippen molar-refractivity contribution in [2.75, 3.05) is 26.2 Å². The summed E-state index contributed by atoms with van der Waals surface area (Å²) in [5.41, 5.74) is 0.863. The van der Waals surface area contributed by atoms with Crippen molar-refractivity contribution in [3.05, 3.63) is 63.6 Å². The predicted octanol–water partition coefficient (Wildman–Crippen LogP) is 3.34. The van der Waals surface area contributed by atoms with Gasteiger partial charge in [-0.1, -0.05) is 35.3 Å². The Morgan fingerprint density at radius 3 is 1.96 bits per heavy atom. The molecule has 0 aromatic heterocycles. The minimum atomic E-state index is -3.69. The number of hydrogen-bond acceptors (Lipinski definition) is 4. The van der Waals surface area contributed by atoms with Gasteiger partial charge in [0.25, 0.3) is 5.91 Å². The Labute approximate surface area is 173 Å². The molecule has 1 aliphatic rings. The number of nitrogens with zero attached hydrogens (tertiary/aromatic N) is 2. The van der Waals surface area contributed by atoms with Crippen molar-refractivity contribution in [2.24, 2.45) is 0 Å². The number of carbonyl (C=O) groups excluding carboxylic acids is 2. The van der Waals surface area contributed by atoms with Gasteiger partial charge < -0.3 is 4.90 Å². The third-order valence-corrected chi connectivity index (χ3v) is 7.24. The topological polar surface area (TPSA) is 74.8 Å². The molecule has 3 rings (SSSR count). The Morgan fingerprint density at radius 1 is 0.857 bits per heavy atom. The fourth-order valence-electron chi connectivity index (χ4n) is 2.95. The van der Waals surface area contributed by atoms with E-state index in [0.29, 0.717) is 21.2 Å². The normalized spacial score (nSPS) is 15.5. The van der Waals surface area contributed by atoms with Crippen LogP contribution in [0.2, 0.25) is 10.0 Å². The number of piperazine rings is 1. The van der Waals surface area contributed by atoms with Gasteiger partial charge in [-0.3, -0.25) is 9.59 Å². The first-order valence-corrected chi connectivity index (χ1v) is 10.8. The summed E-state index contributed by atoms with van der Waals surface area (Å²) in [5, 5.41) is 0.660. The van der Waals surface area contributed by atoms with Gasteiger partial charge in [0.05, 0.1) is 14.9 Å². The zero-order chi connectivity index (χ0) is 20.5. The second kappa shape index (κ2) is 8.21. The van der Waals surface area contributed by atoms with Crippen molar-refractivity contribution < 1.29 is 18.0 Å². The molecule has 1 aliphatic heterocycles. The Morgan fingerprint density at radius 2 is 1.43 bits per heavy atom. The molecule has 6 nitrogen and oxygen atoms in total. The summed E-state index contributed by atoms with van der Waals surface area (Å²) in [6, 6.07) is 10.5. The molecular weight excluding hydrogens is 423 g/mol. The number of sulfonamides is 1. The van der Waals surface area contributed by atoms with Crippen LogP contribution in [0.15, 0.2) is 47.4 Å². The predicted molar refractivity (Wildman–Crippen MR) is 108 cm³/mol. The average Bonchev–Trinajstić information content (AvgIpc) is 2.69. The lowest BCUT2D eigenvalue weighted by Crippen LogP contribution is -2.50. The minimum absolute atomic E-state index is 0.127. The van der Waals surface area contributed by atoms with Crippen molar-refractivity contribution >= 4 is 44.9 Å². The Hall–Kier alpha value is -1.93. The summed E-state index contributed by atoms with van der Waals surface area (Å²) >= 11 is 11.8. The van der Waals surface area contributed by atoms with E-state index in [-0.39, 0.29) is 42.8 Å². The number of hydrogen-bond donors (Lipinski definition) is 0. The van der Waals surface area contributed by atoms with Gasteiger partial charge in [0.1, 0.15) is 0 Å². The average molecular weight is 441 g/mol. The molecule has 0 spiro atoms. The van der Waals surface area contributed by atoms with E-state index in [2.05, 4.69) is 0 Å². The number of benzene rings is 2. The van der Waals surface area contributed by atoms with Gasteiger partial charge >= 0.3 is 0 Å². The van der Waals surface area contributed by atoms with Gasteiger partial charge in [-0.05, 0) is 37.3 Å². The lowest BCUT2D eigenvalue weighted by molar-refractivity contribution is 0.0698. The molecule has 2 aromatic carbocycles. The smallest absolute Gasteiger partial charge is 0.253 e. The number of carbonyl (C=O) groups is 2. The van der Waals surface area contributed by atoms with E-state index in [1.807, 2.05) is 0 Å². The highest BCUT2D eigenvalue weighted by atomic mass is 35.5. The van der Waals surface area contributed by atoms with Gasteiger partial charge in [-0.15, -0.1) is 0 Å². The monoisotopic (exact) mass is 440 g/mol. The van der Waals surface area contributed by atoms with Gasteiger partial charge in [0.15, 0.2) is 5.78 Å². The molecule has 0 aliphatic carbocycles. The standard InChI is InChI=1S/C19H18Cl2N2O4S/c1-13(24)14-2-5-16(6-3-14)28(26,27)23-10-8-22(9-11-23)19(25)15-4-7-17(20)18(21)12-15/h2-7,12H,8-11H2,1H3. The molecule has 2 aromatic rings. The maximum Gasteiger partial charge on any atom is 0.253 e. The SMILES string of the molecule is CC(=O)c1ccc(S(=O)(=O)N2CCN(C(=O)c3ccc(Cl)c(Cl)c3)CC2)cc1. The number of halogens is 2. The molecule has 0 N–H and O–H groups in total. The third-order valence-electron chi connectivity index (χ3n) is 4.59. The summed E-state index contributed by atoms with van der Waals surface area (Å²) < 4.78 is 26.9. The Balaban J connectivity index is 1.69. The number of ketones is 1. The zero-order valence-electron chi connectivity index (χ0n) is 15.1. The highest BCUT2D eigenvalue weighted by Gasteiger charge is 2.30. The van der Waals surface area contributed by atoms with Crippen LogP contribution in [0, 0.1) is 0 Å². The van der Waals surface area contributed by atoms with Crippen molar-refractivity contribution in [2.45, 2.75) is 11.8 Å². The summed E-state index contributed by atoms with van der Waals surface area (Å²) in [4.78, 5) is 25.7. The van der Waals surface area contributed by atoms with E-state index >= 15 is 0 Å². The number of Topliss-reactive ketones (excluding diaryl/α,β-unsaturated/α-hetero) is 1. The first-order valence-electron chi connectivity index (χ1n) is 8.55. The lowest BCUT2D eigenvalue weighted by atomic mass is 10.2. The van der Waals surface area contributed by atoms with Crippen molar-refractivity contribution in [1.29, 1.82) is 0 Å². The van der Waals surface area contributed by atoms with Crippen LogP contribution in [0.25, 0.3) is 0 Å². The van der Waals surface area contributed by atoms with Crippen LogP contribution in [0.4, 0.5) is 0 Å². The maximum atomic E-state index is 12.8. The van der Waals surface area contributed by atoms with Crippen molar-refractivity contribution in [1.82, 2.24) is 9.21 Å². The quantitative estimate of drug-likeness (QED) is 0.683. The van der Waals surface area contributed by atoms with E-state index in [0.717, 1.165) is 0 Å². The number of rotatable bonds is 4. The van der Waals surface area contributed by atoms with Crippen LogP contribution >= 0.6 is 23.2 Å². The highest BCUT2D eigenvalue weighted by Crippen LogP contribution is 2.24. The maximum absolute atomic E-state index is 12.8. The van der Waals surface area contributed by atoms with Crippen LogP contribution in [-0.2, 0) is 10.0 Å². The fraction of sp³-hybridized carbons (Fsp3) is 0.263. The minimum Gasteiger partial charge on any atom is -0.336 e. The van der Waals surface area contributed by atoms with Crippen LogP contribution in [0.3, 0.4) is 0 Å². The Bertz CT molecular complexity index is 1010. The second-order valence-electron chi connectivity index (χ2n) is 6.41. The molecule has 1 saturated heterocycles. The van der Waals surface area contributed by atoms with Crippen LogP contribution in [0.5, 0.6) is 0 Å². The fourth-order valence-corrected chi connectivity index (χ4v) is 4.67. The van der Waals surface area contributed by atoms with Gasteiger partial charge in [-0.25, -0.2) is 8.42 Å². The summed E-state index contributed by atoms with van der Waals surface area (Å²) in [6.45, 7) is 2.33. The summed E-state index contributed by atoms with van der Waals surface area (Å²) in [7, 11) is -3.69. The van der Waals surface area contributed by atoms with Crippen molar-refractivity contribution in [3.8, 4) is 0 Å². The molecule has 0 saturated carbocycles. The van der Waals surface area contributed by atoms with Gasteiger partial charge in [0.2, 0.25) is 10.0 Å². The first-order chi connectivity index (χ1) is 13.2. The number of amides is 1. The zero-order valence-corrected chi connectivity index (χ0v) is 17.4. The molecule has 28 heavy (non-hydrogen) atoms. The summed E-state index contributed by atoms with van der Waals surface area (Å²) in [5.74, 6) is -0.347. The Kier molecular flexibility index (Phi) is 6.09. The van der Waals surface area contributed by atoms with Crippen LogP contribution < -0.4 is 0 Å². The largest absolute Gasteiger partial charge is 0.336 e. The molecule has 1 fully saturated rings. The van der Waals surface area contributed by atoms with Crippen LogP contribution in [-0.4, -0.2) is 55.5 Å². The lowest BCUT2D eigenvalue weighted by Gasteiger charge is -2.34. The van der Waals surface area contributed by atoms with E-state index in [9.17, 15) is 18.0 Å². The van der Waals surface area contributed by atoms with E-state index in [1.165, 1.54) is 41.6 Å². The molecule has 0 unspecified atom stereocenters. The van der Waals surface area contributed by atoms with E-state index in [1.54, 1.807) is 17.0 Å². The third kappa shape index (κ3) is 4.22. The van der Waals surface area contributed by atoms with Crippen LogP contribution in [0.1, 0.15) is 27.6 Å². The molecule has 9 heteroatoms. The van der Waals surface area contributed by atoms with Crippen molar-refractivity contribution in [3.63, 3.8) is 0 Å². The second-order valence-corrected chi connectivity index (χ2v) is 9.16. The first kappa shape index (κ1) is 20.8. The highest BCUT2D eigenvalue weighted by molar-refractivity contribution is 7.89. The molecule has 0 radical (unpaired) electrons. The van der Waals surface area contributed by atoms with E-state index in [4.69, 9.17) is 23.2 Å². The molecular formula is C19H18Cl2N2O4S. The molecule has 148 valence electrons. The molecule has 1 heterocycles.